The molecule has 4 rings (SSSR count). The second-order valence-corrected chi connectivity index (χ2v) is 6.15. The highest BCUT2D eigenvalue weighted by Crippen LogP contribution is 2.32. The van der Waals surface area contributed by atoms with Crippen molar-refractivity contribution in [2.75, 3.05) is 33.0 Å². The van der Waals surface area contributed by atoms with E-state index in [-0.39, 0.29) is 0 Å². The summed E-state index contributed by atoms with van der Waals surface area (Å²) >= 11 is 0. The maximum absolute atomic E-state index is 5.45. The number of hydrogen-bond donors (Lipinski definition) is 0. The molecule has 0 bridgehead atoms. The molecule has 23 heavy (non-hydrogen) atoms. The Hall–Kier alpha value is -2.05. The number of ether oxygens (including phenoxy) is 2. The minimum absolute atomic E-state index is 0.333. The molecule has 0 amide bonds. The quantitative estimate of drug-likeness (QED) is 0.860. The summed E-state index contributed by atoms with van der Waals surface area (Å²) in [6, 6.07) is 6.22. The van der Waals surface area contributed by atoms with Crippen LogP contribution in [-0.2, 0) is 13.1 Å². The van der Waals surface area contributed by atoms with Gasteiger partial charge in [-0.1, -0.05) is 11.2 Å². The van der Waals surface area contributed by atoms with E-state index in [4.69, 9.17) is 14.0 Å². The van der Waals surface area contributed by atoms with Crippen LogP contribution in [0.1, 0.15) is 16.9 Å². The molecule has 1 fully saturated rings. The molecule has 0 saturated carbocycles. The van der Waals surface area contributed by atoms with Gasteiger partial charge in [-0.25, -0.2) is 0 Å². The molecule has 2 aliphatic heterocycles. The number of benzene rings is 1. The van der Waals surface area contributed by atoms with E-state index < -0.39 is 0 Å². The normalized spacial score (nSPS) is 18.5. The van der Waals surface area contributed by atoms with Crippen LogP contribution in [0.15, 0.2) is 28.9 Å². The van der Waals surface area contributed by atoms with E-state index >= 15 is 0 Å². The zero-order valence-corrected chi connectivity index (χ0v) is 13.3. The Morgan fingerprint density at radius 3 is 2.48 bits per heavy atom. The van der Waals surface area contributed by atoms with Crippen molar-refractivity contribution in [1.82, 2.24) is 15.0 Å². The van der Waals surface area contributed by atoms with Crippen molar-refractivity contribution < 1.29 is 14.0 Å². The monoisotopic (exact) mass is 315 g/mol. The summed E-state index contributed by atoms with van der Waals surface area (Å²) in [7, 11) is 0. The highest BCUT2D eigenvalue weighted by Gasteiger charge is 2.20. The van der Waals surface area contributed by atoms with Crippen LogP contribution in [0.25, 0.3) is 0 Å². The average Bonchev–Trinajstić information content (AvgIpc) is 3.18. The van der Waals surface area contributed by atoms with Gasteiger partial charge in [-0.05, 0) is 24.6 Å². The molecule has 0 spiro atoms. The van der Waals surface area contributed by atoms with Crippen molar-refractivity contribution in [2.45, 2.75) is 20.0 Å². The number of nitrogens with zero attached hydrogens (tertiary/aromatic N) is 3. The standard InChI is InChI=1S/C17H21N3O3/c1-13-15(9-18-23-13)11-20-6-4-19(5-7-20)10-14-2-3-16-17(8-14)22-12-21-16/h2-3,8-9H,4-7,10-12H2,1H3. The zero-order chi connectivity index (χ0) is 15.6. The van der Waals surface area contributed by atoms with Gasteiger partial charge in [0.25, 0.3) is 0 Å². The van der Waals surface area contributed by atoms with Gasteiger partial charge in [-0.2, -0.15) is 0 Å². The number of fused-ring (bicyclic) bond motifs is 1. The maximum atomic E-state index is 5.45. The van der Waals surface area contributed by atoms with E-state index in [9.17, 15) is 0 Å². The van der Waals surface area contributed by atoms with E-state index in [1.54, 1.807) is 0 Å². The van der Waals surface area contributed by atoms with Crippen LogP contribution < -0.4 is 9.47 Å². The van der Waals surface area contributed by atoms with E-state index in [0.717, 1.165) is 56.5 Å². The Balaban J connectivity index is 1.30. The van der Waals surface area contributed by atoms with Crippen LogP contribution in [0.4, 0.5) is 0 Å². The second-order valence-electron chi connectivity index (χ2n) is 6.15. The van der Waals surface area contributed by atoms with Crippen molar-refractivity contribution in [1.29, 1.82) is 0 Å². The molecule has 3 heterocycles. The van der Waals surface area contributed by atoms with Crippen LogP contribution in [0.2, 0.25) is 0 Å². The molecule has 6 heteroatoms. The van der Waals surface area contributed by atoms with E-state index in [1.807, 2.05) is 19.2 Å². The number of aryl methyl sites for hydroxylation is 1. The van der Waals surface area contributed by atoms with Crippen molar-refractivity contribution >= 4 is 0 Å². The van der Waals surface area contributed by atoms with Crippen LogP contribution >= 0.6 is 0 Å². The van der Waals surface area contributed by atoms with Crippen molar-refractivity contribution in [3.8, 4) is 11.5 Å². The van der Waals surface area contributed by atoms with Crippen LogP contribution in [-0.4, -0.2) is 47.9 Å². The summed E-state index contributed by atoms with van der Waals surface area (Å²) in [6.07, 6.45) is 1.83. The van der Waals surface area contributed by atoms with Gasteiger partial charge in [0.05, 0.1) is 6.20 Å². The lowest BCUT2D eigenvalue weighted by atomic mass is 10.1. The summed E-state index contributed by atoms with van der Waals surface area (Å²) in [5.74, 6) is 2.64. The molecular weight excluding hydrogens is 294 g/mol. The third kappa shape index (κ3) is 3.18. The van der Waals surface area contributed by atoms with Gasteiger partial charge < -0.3 is 14.0 Å². The summed E-state index contributed by atoms with van der Waals surface area (Å²) in [4.78, 5) is 4.93. The molecule has 1 saturated heterocycles. The molecule has 0 atom stereocenters. The smallest absolute Gasteiger partial charge is 0.231 e. The third-order valence-electron chi connectivity index (χ3n) is 4.55. The Labute approximate surface area is 135 Å². The first-order chi connectivity index (χ1) is 11.3. The molecule has 1 aromatic carbocycles. The second kappa shape index (κ2) is 6.22. The van der Waals surface area contributed by atoms with E-state index in [2.05, 4.69) is 27.1 Å². The Kier molecular flexibility index (Phi) is 3.93. The fourth-order valence-electron chi connectivity index (χ4n) is 3.11. The predicted molar refractivity (Wildman–Crippen MR) is 84.4 cm³/mol. The van der Waals surface area contributed by atoms with Gasteiger partial charge in [0, 0.05) is 44.8 Å². The van der Waals surface area contributed by atoms with E-state index in [0.29, 0.717) is 6.79 Å². The topological polar surface area (TPSA) is 51.0 Å². The Bertz CT molecular complexity index is 677. The number of hydrogen-bond acceptors (Lipinski definition) is 6. The maximum Gasteiger partial charge on any atom is 0.231 e. The number of piperazine rings is 1. The predicted octanol–water partition coefficient (Wildman–Crippen LogP) is 2.03. The molecular formula is C17H21N3O3. The first-order valence-electron chi connectivity index (χ1n) is 8.01. The summed E-state index contributed by atoms with van der Waals surface area (Å²) in [5.41, 5.74) is 2.46. The molecule has 2 aliphatic rings. The highest BCUT2D eigenvalue weighted by atomic mass is 16.7. The lowest BCUT2D eigenvalue weighted by Crippen LogP contribution is -2.45. The Morgan fingerprint density at radius 2 is 1.74 bits per heavy atom. The summed E-state index contributed by atoms with van der Waals surface area (Å²) < 4.78 is 15.9. The highest BCUT2D eigenvalue weighted by molar-refractivity contribution is 5.44. The molecule has 0 unspecified atom stereocenters. The minimum Gasteiger partial charge on any atom is -0.454 e. The SMILES string of the molecule is Cc1oncc1CN1CCN(Cc2ccc3c(c2)OCO3)CC1. The Morgan fingerprint density at radius 1 is 1.00 bits per heavy atom. The fourth-order valence-corrected chi connectivity index (χ4v) is 3.11. The first-order valence-corrected chi connectivity index (χ1v) is 8.01. The van der Waals surface area contributed by atoms with Gasteiger partial charge in [0.15, 0.2) is 11.5 Å². The number of aromatic nitrogens is 1. The van der Waals surface area contributed by atoms with Crippen LogP contribution in [0, 0.1) is 6.92 Å². The molecule has 0 radical (unpaired) electrons. The molecule has 0 aliphatic carbocycles. The lowest BCUT2D eigenvalue weighted by molar-refractivity contribution is 0.121. The summed E-state index contributed by atoms with van der Waals surface area (Å²) in [5, 5.41) is 3.85. The first kappa shape index (κ1) is 14.5. The van der Waals surface area contributed by atoms with Crippen LogP contribution in [0.3, 0.4) is 0 Å². The molecule has 1 aromatic heterocycles. The van der Waals surface area contributed by atoms with Gasteiger partial charge in [0.1, 0.15) is 5.76 Å². The minimum atomic E-state index is 0.333. The lowest BCUT2D eigenvalue weighted by Gasteiger charge is -2.34. The van der Waals surface area contributed by atoms with Gasteiger partial charge in [-0.15, -0.1) is 0 Å². The molecule has 2 aromatic rings. The largest absolute Gasteiger partial charge is 0.454 e. The van der Waals surface area contributed by atoms with Gasteiger partial charge in [0.2, 0.25) is 6.79 Å². The van der Waals surface area contributed by atoms with Gasteiger partial charge >= 0.3 is 0 Å². The fraction of sp³-hybridized carbons (Fsp3) is 0.471. The van der Waals surface area contributed by atoms with Crippen LogP contribution in [0.5, 0.6) is 11.5 Å². The zero-order valence-electron chi connectivity index (χ0n) is 13.3. The molecule has 6 nitrogen and oxygen atoms in total. The third-order valence-corrected chi connectivity index (χ3v) is 4.55. The van der Waals surface area contributed by atoms with Crippen molar-refractivity contribution in [3.05, 3.63) is 41.3 Å². The van der Waals surface area contributed by atoms with E-state index in [1.165, 1.54) is 11.1 Å². The van der Waals surface area contributed by atoms with Crippen molar-refractivity contribution in [2.24, 2.45) is 0 Å². The molecule has 0 N–H and O–H groups in total. The summed E-state index contributed by atoms with van der Waals surface area (Å²) in [6.45, 7) is 8.45. The average molecular weight is 315 g/mol. The van der Waals surface area contributed by atoms with Crippen molar-refractivity contribution in [3.63, 3.8) is 0 Å². The molecule has 122 valence electrons. The van der Waals surface area contributed by atoms with Gasteiger partial charge in [-0.3, -0.25) is 9.80 Å². The number of rotatable bonds is 4.